The Morgan fingerprint density at radius 2 is 1.67 bits per heavy atom. The van der Waals surface area contributed by atoms with Gasteiger partial charge in [0.25, 0.3) is 0 Å². The van der Waals surface area contributed by atoms with Crippen LogP contribution in [0.3, 0.4) is 0 Å². The van der Waals surface area contributed by atoms with E-state index in [4.69, 9.17) is 52.0 Å². The molecule has 0 aliphatic carbocycles. The monoisotopic (exact) mass is 432 g/mol. The second kappa shape index (κ2) is 25.9. The van der Waals surface area contributed by atoms with E-state index in [0.29, 0.717) is 44.8 Å². The van der Waals surface area contributed by atoms with Crippen molar-refractivity contribution < 1.29 is 28.8 Å². The molecule has 0 spiro atoms. The van der Waals surface area contributed by atoms with Crippen molar-refractivity contribution in [1.29, 1.82) is 0 Å². The summed E-state index contributed by atoms with van der Waals surface area (Å²) in [5, 5.41) is 8.12. The normalized spacial score (nSPS) is 18.1. The molecule has 0 aromatic carbocycles. The van der Waals surface area contributed by atoms with Gasteiger partial charge in [0.15, 0.2) is 6.29 Å². The number of aliphatic hydroxyl groups is 1. The van der Waals surface area contributed by atoms with Gasteiger partial charge >= 0.3 is 0 Å². The number of ether oxygens (including phenoxy) is 5. The molecule has 1 saturated heterocycles. The molecule has 2 aliphatic rings. The molecule has 0 amide bonds. The molecule has 6 nitrogen and oxygen atoms in total. The van der Waals surface area contributed by atoms with Gasteiger partial charge in [-0.25, -0.2) is 0 Å². The van der Waals surface area contributed by atoms with Crippen LogP contribution in [-0.2, 0) is 23.7 Å². The Bertz CT molecular complexity index is 277. The van der Waals surface area contributed by atoms with Gasteiger partial charge in [-0.3, -0.25) is 0 Å². The molecule has 1 unspecified atom stereocenters. The molecule has 0 bridgehead atoms. The van der Waals surface area contributed by atoms with E-state index < -0.39 is 0 Å². The molecule has 1 atom stereocenters. The molecule has 164 valence electrons. The van der Waals surface area contributed by atoms with Gasteiger partial charge in [0, 0.05) is 18.4 Å². The third kappa shape index (κ3) is 23.9. The number of alkyl halides is 2. The van der Waals surface area contributed by atoms with E-state index in [1.165, 1.54) is 19.3 Å². The van der Waals surface area contributed by atoms with Crippen LogP contribution in [0.5, 0.6) is 0 Å². The smallest absolute Gasteiger partial charge is 0.157 e. The summed E-state index contributed by atoms with van der Waals surface area (Å²) in [4.78, 5) is 0. The van der Waals surface area contributed by atoms with E-state index in [-0.39, 0.29) is 20.3 Å². The quantitative estimate of drug-likeness (QED) is 0.416. The molecule has 27 heavy (non-hydrogen) atoms. The fraction of sp³-hybridized carbons (Fsp3) is 0.895. The molecule has 1 N–H and O–H groups in total. The van der Waals surface area contributed by atoms with Crippen LogP contribution < -0.4 is 0 Å². The second-order valence-electron chi connectivity index (χ2n) is 5.38. The first kappa shape index (κ1) is 29.1. The highest BCUT2D eigenvalue weighted by Gasteiger charge is 2.13. The van der Waals surface area contributed by atoms with E-state index in [9.17, 15) is 0 Å². The number of hydrogen-bond donors (Lipinski definition) is 1. The van der Waals surface area contributed by atoms with Gasteiger partial charge < -0.3 is 28.8 Å². The van der Waals surface area contributed by atoms with Crippen molar-refractivity contribution >= 4 is 23.2 Å². The highest BCUT2D eigenvalue weighted by atomic mass is 35.5. The lowest BCUT2D eigenvalue weighted by atomic mass is 10.2. The first-order valence-corrected chi connectivity index (χ1v) is 10.3. The Balaban J connectivity index is 0. The topological polar surface area (TPSA) is 66.4 Å². The highest BCUT2D eigenvalue weighted by Crippen LogP contribution is 2.13. The van der Waals surface area contributed by atoms with Gasteiger partial charge in [-0.15, -0.1) is 23.2 Å². The van der Waals surface area contributed by atoms with Crippen LogP contribution >= 0.6 is 23.2 Å². The van der Waals surface area contributed by atoms with Crippen LogP contribution in [0.15, 0.2) is 12.3 Å². The van der Waals surface area contributed by atoms with Crippen LogP contribution in [0.1, 0.15) is 39.5 Å². The van der Waals surface area contributed by atoms with Gasteiger partial charge in [-0.05, 0) is 38.2 Å². The third-order valence-electron chi connectivity index (χ3n) is 3.17. The third-order valence-corrected chi connectivity index (χ3v) is 3.48. The molecule has 0 aromatic rings. The Kier molecular flexibility index (Phi) is 28.0. The maximum Gasteiger partial charge on any atom is 0.157 e. The molecule has 2 rings (SSSR count). The van der Waals surface area contributed by atoms with Crippen molar-refractivity contribution in [2.45, 2.75) is 45.8 Å². The van der Waals surface area contributed by atoms with Crippen molar-refractivity contribution in [3.63, 3.8) is 0 Å². The molecule has 1 fully saturated rings. The lowest BCUT2D eigenvalue weighted by Crippen LogP contribution is -2.24. The number of aliphatic hydroxyl groups excluding tert-OH is 1. The van der Waals surface area contributed by atoms with E-state index in [1.54, 1.807) is 6.26 Å². The van der Waals surface area contributed by atoms with Gasteiger partial charge in [0.2, 0.25) is 0 Å². The van der Waals surface area contributed by atoms with Crippen molar-refractivity contribution in [1.82, 2.24) is 0 Å². The first-order chi connectivity index (χ1) is 12.8. The molecule has 0 radical (unpaired) electrons. The zero-order valence-corrected chi connectivity index (χ0v) is 17.1. The molecule has 2 aliphatic heterocycles. The minimum atomic E-state index is -0.00616. The first-order valence-electron chi connectivity index (χ1n) is 9.23. The van der Waals surface area contributed by atoms with Crippen LogP contribution in [0.25, 0.3) is 0 Å². The summed E-state index contributed by atoms with van der Waals surface area (Å²) < 4.78 is 25.6. The number of allylic oxidation sites excluding steroid dienone is 1. The van der Waals surface area contributed by atoms with E-state index in [2.05, 4.69) is 0 Å². The van der Waals surface area contributed by atoms with Gasteiger partial charge in [-0.1, -0.05) is 7.43 Å². The predicted molar refractivity (Wildman–Crippen MR) is 111 cm³/mol. The zero-order chi connectivity index (χ0) is 19.1. The molecule has 0 saturated carbocycles. The summed E-state index contributed by atoms with van der Waals surface area (Å²) in [6.45, 7) is 4.54. The Morgan fingerprint density at radius 3 is 2.11 bits per heavy atom. The summed E-state index contributed by atoms with van der Waals surface area (Å²) in [7, 11) is 0. The molecule has 2 heterocycles. The average molecular weight is 433 g/mol. The Hall–Kier alpha value is -0.0800. The summed E-state index contributed by atoms with van der Waals surface area (Å²) >= 11 is 10.7. The molecular formula is C19H38Cl2O6. The van der Waals surface area contributed by atoms with Crippen LogP contribution in [0.2, 0.25) is 0 Å². The molecule has 8 heteroatoms. The predicted octanol–water partition coefficient (Wildman–Crippen LogP) is 3.97. The van der Waals surface area contributed by atoms with Gasteiger partial charge in [0.1, 0.15) is 0 Å². The van der Waals surface area contributed by atoms with Crippen molar-refractivity contribution in [2.24, 2.45) is 0 Å². The van der Waals surface area contributed by atoms with E-state index in [1.807, 2.05) is 6.08 Å². The minimum absolute atomic E-state index is 0. The largest absolute Gasteiger partial charge is 0.502 e. The summed E-state index contributed by atoms with van der Waals surface area (Å²) in [5.41, 5.74) is 0. The van der Waals surface area contributed by atoms with Crippen molar-refractivity contribution in [3.8, 4) is 0 Å². The summed E-state index contributed by atoms with van der Waals surface area (Å²) in [5.74, 6) is 1.04. The highest BCUT2D eigenvalue weighted by molar-refractivity contribution is 6.18. The Morgan fingerprint density at radius 1 is 0.926 bits per heavy atom. The SMILES string of the molecule is C.C1=COCCC1.ClCCOCCOC1CCCCO1.OCCOCCCl. The molecular weight excluding hydrogens is 395 g/mol. The summed E-state index contributed by atoms with van der Waals surface area (Å²) in [6, 6.07) is 0. The lowest BCUT2D eigenvalue weighted by Gasteiger charge is -2.22. The summed E-state index contributed by atoms with van der Waals surface area (Å²) in [6.07, 6.45) is 9.56. The van der Waals surface area contributed by atoms with Crippen molar-refractivity contribution in [3.05, 3.63) is 12.3 Å². The second-order valence-corrected chi connectivity index (χ2v) is 6.13. The zero-order valence-electron chi connectivity index (χ0n) is 15.6. The van der Waals surface area contributed by atoms with Crippen LogP contribution in [0, 0.1) is 0 Å². The number of hydrogen-bond acceptors (Lipinski definition) is 6. The van der Waals surface area contributed by atoms with Gasteiger partial charge in [-0.2, -0.15) is 0 Å². The average Bonchev–Trinajstić information content (AvgIpc) is 2.71. The fourth-order valence-electron chi connectivity index (χ4n) is 1.95. The number of halogens is 2. The maximum atomic E-state index is 8.12. The van der Waals surface area contributed by atoms with Crippen LogP contribution in [0.4, 0.5) is 0 Å². The minimum Gasteiger partial charge on any atom is -0.502 e. The lowest BCUT2D eigenvalue weighted by molar-refractivity contribution is -0.168. The van der Waals surface area contributed by atoms with Crippen LogP contribution in [-0.4, -0.2) is 76.0 Å². The van der Waals surface area contributed by atoms with E-state index in [0.717, 1.165) is 26.1 Å². The van der Waals surface area contributed by atoms with E-state index >= 15 is 0 Å². The standard InChI is InChI=1S/C9H17ClO3.C5H8O.C4H9ClO2.CH4/c10-4-6-11-7-8-13-9-3-1-2-5-12-9;1-2-4-6-5-3-1;5-1-3-7-4-2-6;/h9H,1-8H2;2,4H,1,3,5H2;6H,1-4H2;1H4. The number of rotatable bonds is 10. The Labute approximate surface area is 175 Å². The van der Waals surface area contributed by atoms with Gasteiger partial charge in [0.05, 0.1) is 52.5 Å². The maximum absolute atomic E-state index is 8.12. The molecule has 0 aromatic heterocycles. The fourth-order valence-corrected chi connectivity index (χ4v) is 2.17. The van der Waals surface area contributed by atoms with Crippen molar-refractivity contribution in [2.75, 3.05) is 64.6 Å².